The molecule has 0 saturated carbocycles. The van der Waals surface area contributed by atoms with Crippen LogP contribution in [0.2, 0.25) is 0 Å². The third-order valence-electron chi connectivity index (χ3n) is 3.55. The molecular weight excluding hydrogens is 308 g/mol. The lowest BCUT2D eigenvalue weighted by molar-refractivity contribution is 0.0600. The molecule has 0 bridgehead atoms. The first-order chi connectivity index (χ1) is 11.6. The Labute approximate surface area is 138 Å². The van der Waals surface area contributed by atoms with Gasteiger partial charge in [-0.2, -0.15) is 9.97 Å². The van der Waals surface area contributed by atoms with Crippen molar-refractivity contribution >= 4 is 28.9 Å². The fourth-order valence-electron chi connectivity index (χ4n) is 2.38. The minimum absolute atomic E-state index is 0.343. The van der Waals surface area contributed by atoms with Gasteiger partial charge >= 0.3 is 5.97 Å². The fraction of sp³-hybridized carbons (Fsp3) is 0.250. The van der Waals surface area contributed by atoms with Crippen molar-refractivity contribution in [1.82, 2.24) is 19.5 Å². The van der Waals surface area contributed by atoms with Crippen molar-refractivity contribution in [1.29, 1.82) is 0 Å². The number of anilines is 2. The largest absolute Gasteiger partial charge is 0.465 e. The molecule has 8 heteroatoms. The van der Waals surface area contributed by atoms with Crippen LogP contribution in [0.1, 0.15) is 22.8 Å². The fourth-order valence-corrected chi connectivity index (χ4v) is 2.38. The third kappa shape index (κ3) is 2.98. The van der Waals surface area contributed by atoms with Crippen LogP contribution < -0.4 is 11.1 Å². The van der Waals surface area contributed by atoms with Gasteiger partial charge in [-0.1, -0.05) is 12.1 Å². The Hall–Kier alpha value is -3.16. The second-order valence-corrected chi connectivity index (χ2v) is 5.20. The molecule has 2 heterocycles. The van der Waals surface area contributed by atoms with Gasteiger partial charge in [0, 0.05) is 6.54 Å². The van der Waals surface area contributed by atoms with Crippen LogP contribution in [-0.2, 0) is 11.3 Å². The zero-order valence-corrected chi connectivity index (χ0v) is 13.5. The summed E-state index contributed by atoms with van der Waals surface area (Å²) in [6.45, 7) is 3.22. The first kappa shape index (κ1) is 15.7. The van der Waals surface area contributed by atoms with Crippen LogP contribution in [0.25, 0.3) is 11.2 Å². The van der Waals surface area contributed by atoms with E-state index >= 15 is 0 Å². The maximum absolute atomic E-state index is 11.5. The van der Waals surface area contributed by atoms with Crippen LogP contribution >= 0.6 is 0 Å². The van der Waals surface area contributed by atoms with Gasteiger partial charge in [-0.05, 0) is 24.6 Å². The predicted octanol–water partition coefficient (Wildman–Crippen LogP) is 1.68. The van der Waals surface area contributed by atoms with Crippen LogP contribution in [-0.4, -0.2) is 39.1 Å². The van der Waals surface area contributed by atoms with Crippen LogP contribution in [0.5, 0.6) is 0 Å². The van der Waals surface area contributed by atoms with Crippen molar-refractivity contribution in [3.05, 3.63) is 41.7 Å². The summed E-state index contributed by atoms with van der Waals surface area (Å²) >= 11 is 0. The Morgan fingerprint density at radius 2 is 2.04 bits per heavy atom. The summed E-state index contributed by atoms with van der Waals surface area (Å²) in [4.78, 5) is 24.4. The quantitative estimate of drug-likeness (QED) is 0.687. The number of carbonyl (C=O) groups is 1. The number of hydrogen-bond acceptors (Lipinski definition) is 7. The Kier molecular flexibility index (Phi) is 4.28. The van der Waals surface area contributed by atoms with Gasteiger partial charge in [0.25, 0.3) is 0 Å². The standard InChI is InChI=1S/C16H18N6O2/c1-3-18-16-20-13(17)12-14(21-16)22(9-19-12)8-10-4-6-11(7-5-10)15(23)24-2/h4-7,9H,3,8H2,1-2H3,(H3,17,18,20,21). The highest BCUT2D eigenvalue weighted by Gasteiger charge is 2.12. The zero-order chi connectivity index (χ0) is 17.1. The van der Waals surface area contributed by atoms with Crippen molar-refractivity contribution in [3.8, 4) is 0 Å². The van der Waals surface area contributed by atoms with Crippen molar-refractivity contribution in [2.45, 2.75) is 13.5 Å². The lowest BCUT2D eigenvalue weighted by atomic mass is 10.1. The number of carbonyl (C=O) groups excluding carboxylic acids is 1. The minimum atomic E-state index is -0.356. The smallest absolute Gasteiger partial charge is 0.337 e. The number of benzene rings is 1. The number of nitrogen functional groups attached to an aromatic ring is 1. The van der Waals surface area contributed by atoms with Crippen LogP contribution in [0, 0.1) is 0 Å². The second-order valence-electron chi connectivity index (χ2n) is 5.20. The van der Waals surface area contributed by atoms with Crippen LogP contribution in [0.4, 0.5) is 11.8 Å². The van der Waals surface area contributed by atoms with E-state index in [1.807, 2.05) is 23.6 Å². The highest BCUT2D eigenvalue weighted by atomic mass is 16.5. The van der Waals surface area contributed by atoms with Gasteiger partial charge in [-0.15, -0.1) is 0 Å². The summed E-state index contributed by atoms with van der Waals surface area (Å²) < 4.78 is 6.59. The van der Waals surface area contributed by atoms with Crippen LogP contribution in [0.15, 0.2) is 30.6 Å². The molecule has 2 aromatic heterocycles. The summed E-state index contributed by atoms with van der Waals surface area (Å²) in [6.07, 6.45) is 1.68. The van der Waals surface area contributed by atoms with E-state index in [-0.39, 0.29) is 5.97 Å². The maximum atomic E-state index is 11.5. The van der Waals surface area contributed by atoms with E-state index in [1.54, 1.807) is 18.5 Å². The SMILES string of the molecule is CCNc1nc(N)c2ncn(Cc3ccc(C(=O)OC)cc3)c2n1. The Balaban J connectivity index is 1.91. The predicted molar refractivity (Wildman–Crippen MR) is 90.8 cm³/mol. The molecule has 0 fully saturated rings. The zero-order valence-electron chi connectivity index (χ0n) is 13.5. The number of imidazole rings is 1. The topological polar surface area (TPSA) is 108 Å². The van der Waals surface area contributed by atoms with Gasteiger partial charge in [0.2, 0.25) is 5.95 Å². The van der Waals surface area contributed by atoms with E-state index in [2.05, 4.69) is 20.3 Å². The molecule has 0 amide bonds. The molecule has 0 aliphatic carbocycles. The minimum Gasteiger partial charge on any atom is -0.465 e. The molecule has 0 atom stereocenters. The number of nitrogens with two attached hydrogens (primary N) is 1. The normalized spacial score (nSPS) is 10.8. The van der Waals surface area contributed by atoms with Gasteiger partial charge in [-0.3, -0.25) is 0 Å². The molecule has 8 nitrogen and oxygen atoms in total. The van der Waals surface area contributed by atoms with Crippen LogP contribution in [0.3, 0.4) is 0 Å². The summed E-state index contributed by atoms with van der Waals surface area (Å²) in [5.41, 5.74) is 8.69. The van der Waals surface area contributed by atoms with Crippen molar-refractivity contribution in [3.63, 3.8) is 0 Å². The molecule has 3 rings (SSSR count). The molecule has 0 aliphatic heterocycles. The molecule has 0 saturated heterocycles. The van der Waals surface area contributed by atoms with Crippen molar-refractivity contribution in [2.75, 3.05) is 24.7 Å². The van der Waals surface area contributed by atoms with E-state index in [1.165, 1.54) is 7.11 Å². The van der Waals surface area contributed by atoms with Gasteiger partial charge in [0.15, 0.2) is 11.5 Å². The van der Waals surface area contributed by atoms with E-state index in [0.717, 1.165) is 5.56 Å². The first-order valence-electron chi connectivity index (χ1n) is 7.52. The Morgan fingerprint density at radius 3 is 2.71 bits per heavy atom. The highest BCUT2D eigenvalue weighted by molar-refractivity contribution is 5.89. The number of aromatic nitrogens is 4. The van der Waals surface area contributed by atoms with E-state index in [4.69, 9.17) is 10.5 Å². The average molecular weight is 326 g/mol. The molecule has 3 aromatic rings. The second kappa shape index (κ2) is 6.53. The van der Waals surface area contributed by atoms with E-state index < -0.39 is 0 Å². The number of methoxy groups -OCH3 is 1. The van der Waals surface area contributed by atoms with E-state index in [9.17, 15) is 4.79 Å². The average Bonchev–Trinajstić information content (AvgIpc) is 2.98. The van der Waals surface area contributed by atoms with Crippen molar-refractivity contribution < 1.29 is 9.53 Å². The lowest BCUT2D eigenvalue weighted by Gasteiger charge is -2.07. The number of nitrogens with zero attached hydrogens (tertiary/aromatic N) is 4. The van der Waals surface area contributed by atoms with Gasteiger partial charge in [-0.25, -0.2) is 9.78 Å². The molecule has 0 unspecified atom stereocenters. The molecular formula is C16H18N6O2. The summed E-state index contributed by atoms with van der Waals surface area (Å²) in [6, 6.07) is 7.20. The first-order valence-corrected chi connectivity index (χ1v) is 7.52. The summed E-state index contributed by atoms with van der Waals surface area (Å²) in [5.74, 6) is 0.464. The number of esters is 1. The molecule has 0 aliphatic rings. The van der Waals surface area contributed by atoms with E-state index in [0.29, 0.717) is 41.6 Å². The highest BCUT2D eigenvalue weighted by Crippen LogP contribution is 2.19. The number of ether oxygens (including phenoxy) is 1. The lowest BCUT2D eigenvalue weighted by Crippen LogP contribution is -2.07. The Morgan fingerprint density at radius 1 is 1.29 bits per heavy atom. The maximum Gasteiger partial charge on any atom is 0.337 e. The molecule has 1 aromatic carbocycles. The number of hydrogen-bond donors (Lipinski definition) is 2. The molecule has 124 valence electrons. The molecule has 0 spiro atoms. The summed E-state index contributed by atoms with van der Waals surface area (Å²) in [7, 11) is 1.36. The number of fused-ring (bicyclic) bond motifs is 1. The summed E-state index contributed by atoms with van der Waals surface area (Å²) in [5, 5.41) is 3.05. The Bertz CT molecular complexity index is 872. The van der Waals surface area contributed by atoms with Gasteiger partial charge in [0.1, 0.15) is 5.52 Å². The number of rotatable bonds is 5. The molecule has 0 radical (unpaired) electrons. The number of nitrogens with one attached hydrogen (secondary N) is 1. The van der Waals surface area contributed by atoms with Gasteiger partial charge in [0.05, 0.1) is 25.5 Å². The molecule has 3 N–H and O–H groups in total. The van der Waals surface area contributed by atoms with Gasteiger partial charge < -0.3 is 20.4 Å². The third-order valence-corrected chi connectivity index (χ3v) is 3.55. The monoisotopic (exact) mass is 326 g/mol. The molecule has 24 heavy (non-hydrogen) atoms. The van der Waals surface area contributed by atoms with Crippen molar-refractivity contribution in [2.24, 2.45) is 0 Å².